The van der Waals surface area contributed by atoms with Gasteiger partial charge in [0, 0.05) is 24.3 Å². The number of fused-ring (bicyclic) bond motifs is 1. The van der Waals surface area contributed by atoms with Crippen LogP contribution in [0.1, 0.15) is 36.2 Å². The summed E-state index contributed by atoms with van der Waals surface area (Å²) in [6.45, 7) is 0.657. The van der Waals surface area contributed by atoms with Gasteiger partial charge >= 0.3 is 0 Å². The molecule has 2 aromatic heterocycles. The first-order valence-corrected chi connectivity index (χ1v) is 7.09. The molecule has 0 aromatic carbocycles. The second kappa shape index (κ2) is 4.94. The maximum absolute atomic E-state index is 11.9. The van der Waals surface area contributed by atoms with E-state index in [0.717, 1.165) is 17.8 Å². The number of rotatable bonds is 3. The number of hydrogen-bond acceptors (Lipinski definition) is 3. The zero-order valence-corrected chi connectivity index (χ0v) is 10.9. The Morgan fingerprint density at radius 2 is 2.44 bits per heavy atom. The molecule has 0 radical (unpaired) electrons. The standard InChI is InChI=1S/C13H15N3OS/c17-12(14-8-10-4-2-1-3-5-10)11-9-16-6-7-18-13(16)15-11/h4,6-7,9H,1-3,5,8H2,(H,14,17). The van der Waals surface area contributed by atoms with Crippen LogP contribution in [0.3, 0.4) is 0 Å². The van der Waals surface area contributed by atoms with Crippen LogP contribution in [-0.4, -0.2) is 21.8 Å². The third-order valence-corrected chi connectivity index (χ3v) is 3.96. The van der Waals surface area contributed by atoms with Crippen molar-refractivity contribution in [2.75, 3.05) is 6.54 Å². The highest BCUT2D eigenvalue weighted by atomic mass is 32.1. The highest BCUT2D eigenvalue weighted by Crippen LogP contribution is 2.16. The predicted molar refractivity (Wildman–Crippen MR) is 72.0 cm³/mol. The van der Waals surface area contributed by atoms with Crippen molar-refractivity contribution in [1.29, 1.82) is 0 Å². The summed E-state index contributed by atoms with van der Waals surface area (Å²) < 4.78 is 1.87. The summed E-state index contributed by atoms with van der Waals surface area (Å²) in [6, 6.07) is 0. The Morgan fingerprint density at radius 1 is 1.50 bits per heavy atom. The van der Waals surface area contributed by atoms with Crippen LogP contribution < -0.4 is 5.32 Å². The lowest BCUT2D eigenvalue weighted by Gasteiger charge is -2.12. The molecule has 2 heterocycles. The zero-order chi connectivity index (χ0) is 12.4. The lowest BCUT2D eigenvalue weighted by molar-refractivity contribution is 0.0952. The van der Waals surface area contributed by atoms with Crippen LogP contribution in [0, 0.1) is 0 Å². The minimum absolute atomic E-state index is 0.0858. The molecule has 1 N–H and O–H groups in total. The number of carbonyl (C=O) groups excluding carboxylic acids is 1. The van der Waals surface area contributed by atoms with Gasteiger partial charge in [0.25, 0.3) is 5.91 Å². The number of nitrogens with one attached hydrogen (secondary N) is 1. The third-order valence-electron chi connectivity index (χ3n) is 3.19. The van der Waals surface area contributed by atoms with Crippen LogP contribution in [-0.2, 0) is 0 Å². The largest absolute Gasteiger partial charge is 0.347 e. The SMILES string of the molecule is O=C(NCC1=CCCCC1)c1cn2ccsc2n1. The van der Waals surface area contributed by atoms with E-state index in [4.69, 9.17) is 0 Å². The molecule has 0 fully saturated rings. The van der Waals surface area contributed by atoms with Gasteiger partial charge in [-0.3, -0.25) is 9.20 Å². The van der Waals surface area contributed by atoms with Crippen LogP contribution in [0.15, 0.2) is 29.4 Å². The van der Waals surface area contributed by atoms with Crippen molar-refractivity contribution < 1.29 is 4.79 Å². The fourth-order valence-electron chi connectivity index (χ4n) is 2.19. The first-order valence-electron chi connectivity index (χ1n) is 6.21. The van der Waals surface area contributed by atoms with Crippen LogP contribution in [0.2, 0.25) is 0 Å². The summed E-state index contributed by atoms with van der Waals surface area (Å²) in [4.78, 5) is 17.1. The number of amides is 1. The third kappa shape index (κ3) is 2.31. The summed E-state index contributed by atoms with van der Waals surface area (Å²) >= 11 is 1.53. The van der Waals surface area contributed by atoms with E-state index in [0.29, 0.717) is 12.2 Å². The van der Waals surface area contributed by atoms with Crippen molar-refractivity contribution in [3.63, 3.8) is 0 Å². The van der Waals surface area contributed by atoms with Gasteiger partial charge in [0.05, 0.1) is 0 Å². The maximum Gasteiger partial charge on any atom is 0.271 e. The Labute approximate surface area is 109 Å². The summed E-state index contributed by atoms with van der Waals surface area (Å²) in [7, 11) is 0. The van der Waals surface area contributed by atoms with Gasteiger partial charge in [-0.1, -0.05) is 11.6 Å². The monoisotopic (exact) mass is 261 g/mol. The summed E-state index contributed by atoms with van der Waals surface area (Å²) in [5.41, 5.74) is 1.84. The van der Waals surface area contributed by atoms with Gasteiger partial charge in [0.2, 0.25) is 0 Å². The van der Waals surface area contributed by atoms with Crippen molar-refractivity contribution in [3.8, 4) is 0 Å². The van der Waals surface area contributed by atoms with Crippen molar-refractivity contribution >= 4 is 22.2 Å². The van der Waals surface area contributed by atoms with E-state index in [9.17, 15) is 4.79 Å². The molecule has 0 unspecified atom stereocenters. The van der Waals surface area contributed by atoms with E-state index in [1.165, 1.54) is 29.8 Å². The first kappa shape index (κ1) is 11.5. The minimum Gasteiger partial charge on any atom is -0.347 e. The van der Waals surface area contributed by atoms with Crippen molar-refractivity contribution in [3.05, 3.63) is 35.1 Å². The van der Waals surface area contributed by atoms with Gasteiger partial charge in [-0.25, -0.2) is 4.98 Å². The van der Waals surface area contributed by atoms with E-state index < -0.39 is 0 Å². The minimum atomic E-state index is -0.0858. The smallest absolute Gasteiger partial charge is 0.271 e. The molecule has 2 aromatic rings. The van der Waals surface area contributed by atoms with E-state index in [1.54, 1.807) is 6.20 Å². The molecule has 0 aliphatic heterocycles. The van der Waals surface area contributed by atoms with Gasteiger partial charge in [-0.2, -0.15) is 0 Å². The molecule has 3 rings (SSSR count). The molecule has 4 nitrogen and oxygen atoms in total. The summed E-state index contributed by atoms with van der Waals surface area (Å²) in [5, 5.41) is 4.90. The van der Waals surface area contributed by atoms with Gasteiger partial charge in [0.1, 0.15) is 5.69 Å². The topological polar surface area (TPSA) is 46.4 Å². The number of hydrogen-bond donors (Lipinski definition) is 1. The number of thiazole rings is 1. The predicted octanol–water partition coefficient (Wildman–Crippen LogP) is 2.63. The van der Waals surface area contributed by atoms with Gasteiger partial charge in [-0.15, -0.1) is 11.3 Å². The number of nitrogens with zero attached hydrogens (tertiary/aromatic N) is 2. The fourth-order valence-corrected chi connectivity index (χ4v) is 2.89. The number of imidazole rings is 1. The molecule has 5 heteroatoms. The molecular weight excluding hydrogens is 246 g/mol. The molecule has 1 amide bonds. The second-order valence-electron chi connectivity index (χ2n) is 4.51. The van der Waals surface area contributed by atoms with Crippen molar-refractivity contribution in [2.24, 2.45) is 0 Å². The van der Waals surface area contributed by atoms with Gasteiger partial charge in [-0.05, 0) is 25.7 Å². The van der Waals surface area contributed by atoms with Gasteiger partial charge < -0.3 is 5.32 Å². The lowest BCUT2D eigenvalue weighted by atomic mass is 10.00. The molecule has 0 spiro atoms. The molecule has 0 saturated heterocycles. The van der Waals surface area contributed by atoms with Crippen LogP contribution in [0.5, 0.6) is 0 Å². The zero-order valence-electron chi connectivity index (χ0n) is 10.1. The maximum atomic E-state index is 11.9. The fraction of sp³-hybridized carbons (Fsp3) is 0.385. The van der Waals surface area contributed by atoms with Crippen LogP contribution in [0.4, 0.5) is 0 Å². The molecule has 1 aliphatic carbocycles. The number of aromatic nitrogens is 2. The molecule has 0 atom stereocenters. The summed E-state index contributed by atoms with van der Waals surface area (Å²) in [6.07, 6.45) is 10.7. The molecular formula is C13H15N3OS. The normalized spacial score (nSPS) is 15.7. The molecule has 94 valence electrons. The summed E-state index contributed by atoms with van der Waals surface area (Å²) in [5.74, 6) is -0.0858. The average Bonchev–Trinajstić information content (AvgIpc) is 2.98. The molecule has 18 heavy (non-hydrogen) atoms. The number of carbonyl (C=O) groups is 1. The van der Waals surface area contributed by atoms with E-state index >= 15 is 0 Å². The molecule has 1 aliphatic rings. The first-order chi connectivity index (χ1) is 8.83. The lowest BCUT2D eigenvalue weighted by Crippen LogP contribution is -2.26. The Bertz CT molecular complexity index is 568. The van der Waals surface area contributed by atoms with E-state index in [1.807, 2.05) is 16.0 Å². The highest BCUT2D eigenvalue weighted by molar-refractivity contribution is 7.15. The van der Waals surface area contributed by atoms with Crippen LogP contribution >= 0.6 is 11.3 Å². The van der Waals surface area contributed by atoms with Crippen LogP contribution in [0.25, 0.3) is 4.96 Å². The Balaban J connectivity index is 1.64. The average molecular weight is 261 g/mol. The molecule has 0 saturated carbocycles. The Hall–Kier alpha value is -1.62. The second-order valence-corrected chi connectivity index (χ2v) is 5.38. The quantitative estimate of drug-likeness (QED) is 0.863. The van der Waals surface area contributed by atoms with E-state index in [-0.39, 0.29) is 5.91 Å². The van der Waals surface area contributed by atoms with Crippen molar-refractivity contribution in [2.45, 2.75) is 25.7 Å². The van der Waals surface area contributed by atoms with Crippen molar-refractivity contribution in [1.82, 2.24) is 14.7 Å². The molecule has 0 bridgehead atoms. The number of allylic oxidation sites excluding steroid dienone is 1. The van der Waals surface area contributed by atoms with E-state index in [2.05, 4.69) is 16.4 Å². The van der Waals surface area contributed by atoms with Gasteiger partial charge in [0.15, 0.2) is 4.96 Å². The highest BCUT2D eigenvalue weighted by Gasteiger charge is 2.12. The Morgan fingerprint density at radius 3 is 3.22 bits per heavy atom. The Kier molecular flexibility index (Phi) is 3.15.